The first kappa shape index (κ1) is 19.6. The number of hydrogen-bond donors (Lipinski definition) is 1. The molecule has 0 unspecified atom stereocenters. The Bertz CT molecular complexity index is 1140. The smallest absolute Gasteiger partial charge is 0.261 e. The SMILES string of the molecule is CCN(CCNC(=O)c1cc2cc3cc(C)ccc3nc2s1)Cc1ccccc1. The summed E-state index contributed by atoms with van der Waals surface area (Å²) in [7, 11) is 0. The Balaban J connectivity index is 1.40. The topological polar surface area (TPSA) is 45.2 Å². The van der Waals surface area contributed by atoms with Crippen LogP contribution < -0.4 is 5.32 Å². The number of nitrogens with one attached hydrogen (secondary N) is 1. The molecule has 4 aromatic rings. The van der Waals surface area contributed by atoms with E-state index in [1.165, 1.54) is 22.5 Å². The minimum Gasteiger partial charge on any atom is -0.350 e. The van der Waals surface area contributed by atoms with E-state index in [1.54, 1.807) is 0 Å². The normalized spacial score (nSPS) is 11.4. The summed E-state index contributed by atoms with van der Waals surface area (Å²) in [5.74, 6) is -0.0241. The van der Waals surface area contributed by atoms with Gasteiger partial charge in [-0.1, -0.05) is 48.9 Å². The first-order valence-corrected chi connectivity index (χ1v) is 10.8. The van der Waals surface area contributed by atoms with Crippen LogP contribution in [0.4, 0.5) is 0 Å². The van der Waals surface area contributed by atoms with Crippen LogP contribution in [0.3, 0.4) is 0 Å². The van der Waals surface area contributed by atoms with Crippen molar-refractivity contribution in [3.8, 4) is 0 Å². The molecule has 2 heterocycles. The summed E-state index contributed by atoms with van der Waals surface area (Å²) in [6, 6.07) is 20.7. The number of fused-ring (bicyclic) bond motifs is 2. The number of carbonyl (C=O) groups is 1. The third-order valence-electron chi connectivity index (χ3n) is 5.09. The van der Waals surface area contributed by atoms with Gasteiger partial charge < -0.3 is 5.32 Å². The van der Waals surface area contributed by atoms with E-state index in [9.17, 15) is 4.79 Å². The first-order valence-electron chi connectivity index (χ1n) is 9.98. The second kappa shape index (κ2) is 8.72. The number of pyridine rings is 1. The highest BCUT2D eigenvalue weighted by molar-refractivity contribution is 7.20. The van der Waals surface area contributed by atoms with Crippen LogP contribution in [0, 0.1) is 6.92 Å². The van der Waals surface area contributed by atoms with Crippen molar-refractivity contribution in [2.45, 2.75) is 20.4 Å². The van der Waals surface area contributed by atoms with E-state index in [4.69, 9.17) is 4.98 Å². The van der Waals surface area contributed by atoms with Gasteiger partial charge in [0.25, 0.3) is 5.91 Å². The van der Waals surface area contributed by atoms with Gasteiger partial charge in [-0.2, -0.15) is 0 Å². The Kier molecular flexibility index (Phi) is 5.88. The molecule has 4 rings (SSSR count). The molecule has 0 aliphatic heterocycles. The molecule has 0 aliphatic carbocycles. The van der Waals surface area contributed by atoms with Crippen LogP contribution in [0.2, 0.25) is 0 Å². The van der Waals surface area contributed by atoms with Gasteiger partial charge in [-0.3, -0.25) is 9.69 Å². The molecule has 0 aliphatic rings. The van der Waals surface area contributed by atoms with Gasteiger partial charge in [0, 0.05) is 30.4 Å². The summed E-state index contributed by atoms with van der Waals surface area (Å²) in [4.78, 5) is 21.3. The fraction of sp³-hybridized carbons (Fsp3) is 0.250. The van der Waals surface area contributed by atoms with Crippen LogP contribution in [0.5, 0.6) is 0 Å². The van der Waals surface area contributed by atoms with Crippen molar-refractivity contribution in [2.24, 2.45) is 0 Å². The molecule has 2 aromatic heterocycles. The molecule has 1 N–H and O–H groups in total. The van der Waals surface area contributed by atoms with Crippen molar-refractivity contribution >= 4 is 38.4 Å². The van der Waals surface area contributed by atoms with Crippen LogP contribution in [0.1, 0.15) is 27.7 Å². The fourth-order valence-electron chi connectivity index (χ4n) is 3.47. The van der Waals surface area contributed by atoms with Crippen LogP contribution in [0.25, 0.3) is 21.1 Å². The number of rotatable bonds is 7. The maximum Gasteiger partial charge on any atom is 0.261 e. The zero-order chi connectivity index (χ0) is 20.2. The van der Waals surface area contributed by atoms with E-state index in [0.29, 0.717) is 11.4 Å². The molecule has 0 atom stereocenters. The average molecular weight is 404 g/mol. The van der Waals surface area contributed by atoms with E-state index in [-0.39, 0.29) is 5.91 Å². The van der Waals surface area contributed by atoms with Crippen molar-refractivity contribution < 1.29 is 4.79 Å². The van der Waals surface area contributed by atoms with Gasteiger partial charge in [-0.15, -0.1) is 11.3 Å². The average Bonchev–Trinajstić information content (AvgIpc) is 3.15. The summed E-state index contributed by atoms with van der Waals surface area (Å²) in [6.45, 7) is 7.52. The largest absolute Gasteiger partial charge is 0.350 e. The van der Waals surface area contributed by atoms with Crippen LogP contribution in [-0.2, 0) is 6.54 Å². The third kappa shape index (κ3) is 4.63. The molecule has 148 valence electrons. The maximum atomic E-state index is 12.6. The molecule has 0 fully saturated rings. The van der Waals surface area contributed by atoms with E-state index >= 15 is 0 Å². The minimum atomic E-state index is -0.0241. The number of hydrogen-bond acceptors (Lipinski definition) is 4. The number of amides is 1. The van der Waals surface area contributed by atoms with Crippen LogP contribution >= 0.6 is 11.3 Å². The third-order valence-corrected chi connectivity index (χ3v) is 6.13. The lowest BCUT2D eigenvalue weighted by molar-refractivity contribution is 0.0952. The van der Waals surface area contributed by atoms with Crippen molar-refractivity contribution in [2.75, 3.05) is 19.6 Å². The number of carbonyl (C=O) groups excluding carboxylic acids is 1. The Hall–Kier alpha value is -2.76. The molecule has 0 saturated heterocycles. The predicted molar refractivity (Wildman–Crippen MR) is 122 cm³/mol. The fourth-order valence-corrected chi connectivity index (χ4v) is 4.41. The van der Waals surface area contributed by atoms with Gasteiger partial charge in [-0.05, 0) is 43.3 Å². The molecule has 0 saturated carbocycles. The Morgan fingerprint density at radius 1 is 1.07 bits per heavy atom. The lowest BCUT2D eigenvalue weighted by Gasteiger charge is -2.20. The van der Waals surface area contributed by atoms with Crippen molar-refractivity contribution in [1.29, 1.82) is 0 Å². The second-order valence-corrected chi connectivity index (χ2v) is 8.33. The van der Waals surface area contributed by atoms with Gasteiger partial charge in [0.2, 0.25) is 0 Å². The van der Waals surface area contributed by atoms with Crippen LogP contribution in [0.15, 0.2) is 60.7 Å². The van der Waals surface area contributed by atoms with Crippen molar-refractivity contribution in [1.82, 2.24) is 15.2 Å². The molecule has 4 nitrogen and oxygen atoms in total. The molecule has 29 heavy (non-hydrogen) atoms. The summed E-state index contributed by atoms with van der Waals surface area (Å²) < 4.78 is 0. The Morgan fingerprint density at radius 2 is 1.90 bits per heavy atom. The van der Waals surface area contributed by atoms with Gasteiger partial charge in [0.15, 0.2) is 0 Å². The number of thiophene rings is 1. The predicted octanol–water partition coefficient (Wildman–Crippen LogP) is 5.01. The molecule has 0 bridgehead atoms. The van der Waals surface area contributed by atoms with Gasteiger partial charge in [-0.25, -0.2) is 4.98 Å². The van der Waals surface area contributed by atoms with Gasteiger partial charge >= 0.3 is 0 Å². The van der Waals surface area contributed by atoms with Crippen molar-refractivity contribution in [3.05, 3.63) is 76.7 Å². The number of nitrogens with zero attached hydrogens (tertiary/aromatic N) is 2. The highest BCUT2D eigenvalue weighted by Crippen LogP contribution is 2.27. The van der Waals surface area contributed by atoms with Gasteiger partial charge in [0.1, 0.15) is 4.83 Å². The number of likely N-dealkylation sites (N-methyl/N-ethyl adjacent to an activating group) is 1. The quantitative estimate of drug-likeness (QED) is 0.472. The van der Waals surface area contributed by atoms with E-state index in [1.807, 2.05) is 18.2 Å². The second-order valence-electron chi connectivity index (χ2n) is 7.30. The highest BCUT2D eigenvalue weighted by Gasteiger charge is 2.12. The molecule has 0 spiro atoms. The van der Waals surface area contributed by atoms with E-state index < -0.39 is 0 Å². The summed E-state index contributed by atoms with van der Waals surface area (Å²) >= 11 is 1.45. The monoisotopic (exact) mass is 403 g/mol. The van der Waals surface area contributed by atoms with E-state index in [2.05, 4.69) is 66.5 Å². The zero-order valence-corrected chi connectivity index (χ0v) is 17.6. The molecule has 0 radical (unpaired) electrons. The molecule has 1 amide bonds. The number of aromatic nitrogens is 1. The van der Waals surface area contributed by atoms with E-state index in [0.717, 1.165) is 40.8 Å². The first-order chi connectivity index (χ1) is 14.1. The molecular formula is C24H25N3OS. The lowest BCUT2D eigenvalue weighted by atomic mass is 10.1. The van der Waals surface area contributed by atoms with Gasteiger partial charge in [0.05, 0.1) is 10.4 Å². The highest BCUT2D eigenvalue weighted by atomic mass is 32.1. The minimum absolute atomic E-state index is 0.0241. The summed E-state index contributed by atoms with van der Waals surface area (Å²) in [5.41, 5.74) is 3.47. The molecular weight excluding hydrogens is 378 g/mol. The summed E-state index contributed by atoms with van der Waals surface area (Å²) in [5, 5.41) is 5.20. The molecule has 5 heteroatoms. The van der Waals surface area contributed by atoms with Crippen LogP contribution in [-0.4, -0.2) is 35.4 Å². The number of benzene rings is 2. The summed E-state index contributed by atoms with van der Waals surface area (Å²) in [6.07, 6.45) is 0. The zero-order valence-electron chi connectivity index (χ0n) is 16.8. The Morgan fingerprint density at radius 3 is 2.69 bits per heavy atom. The maximum absolute atomic E-state index is 12.6. The Labute approximate surface area is 175 Å². The lowest BCUT2D eigenvalue weighted by Crippen LogP contribution is -2.34. The van der Waals surface area contributed by atoms with Crippen molar-refractivity contribution in [3.63, 3.8) is 0 Å². The number of aryl methyl sites for hydroxylation is 1. The standard InChI is InChI=1S/C24H25N3OS/c1-3-27(16-18-7-5-4-6-8-18)12-11-25-23(28)22-15-20-14-19-13-17(2)9-10-21(19)26-24(20)29-22/h4-10,13-15H,3,11-12,16H2,1-2H3,(H,25,28). The molecule has 2 aromatic carbocycles.